The van der Waals surface area contributed by atoms with Crippen LogP contribution in [0.3, 0.4) is 0 Å². The topological polar surface area (TPSA) is 38.9 Å². The molecule has 2 nitrogen and oxygen atoms in total. The van der Waals surface area contributed by atoms with Gasteiger partial charge in [-0.25, -0.2) is 0 Å². The Labute approximate surface area is 72.9 Å². The van der Waals surface area contributed by atoms with Crippen molar-refractivity contribution >= 4 is 5.70 Å². The van der Waals surface area contributed by atoms with Crippen LogP contribution >= 0.6 is 0 Å². The summed E-state index contributed by atoms with van der Waals surface area (Å²) in [4.78, 5) is 3.54. The first-order valence-electron chi connectivity index (χ1n) is 3.39. The highest BCUT2D eigenvalue weighted by atomic mass is 19.4. The average Bonchev–Trinajstić information content (AvgIpc) is 2.03. The molecule has 2 N–H and O–H groups in total. The Bertz CT molecular complexity index is 330. The molecular formula is C8H7F3N2. The molecule has 13 heavy (non-hydrogen) atoms. The molecule has 0 amide bonds. The molecule has 0 aliphatic heterocycles. The highest BCUT2D eigenvalue weighted by Gasteiger charge is 2.33. The van der Waals surface area contributed by atoms with Crippen molar-refractivity contribution in [3.05, 3.63) is 36.2 Å². The van der Waals surface area contributed by atoms with Crippen LogP contribution in [0.2, 0.25) is 0 Å². The molecule has 0 aliphatic carbocycles. The van der Waals surface area contributed by atoms with E-state index in [1.807, 2.05) is 0 Å². The molecule has 1 aromatic heterocycles. The summed E-state index contributed by atoms with van der Waals surface area (Å²) in [7, 11) is 0. The van der Waals surface area contributed by atoms with E-state index in [9.17, 15) is 13.2 Å². The van der Waals surface area contributed by atoms with E-state index in [2.05, 4.69) is 11.6 Å². The molecule has 0 aromatic carbocycles. The Balaban J connectivity index is 3.28. The van der Waals surface area contributed by atoms with Crippen molar-refractivity contribution in [1.29, 1.82) is 0 Å². The minimum Gasteiger partial charge on any atom is -0.399 e. The third-order valence-electron chi connectivity index (χ3n) is 1.47. The number of aromatic nitrogens is 1. The van der Waals surface area contributed by atoms with E-state index in [-0.39, 0.29) is 11.3 Å². The van der Waals surface area contributed by atoms with Crippen molar-refractivity contribution in [3.8, 4) is 0 Å². The molecule has 0 spiro atoms. The van der Waals surface area contributed by atoms with Crippen molar-refractivity contribution in [2.45, 2.75) is 6.18 Å². The smallest absolute Gasteiger partial charge is 0.399 e. The molecule has 0 saturated carbocycles. The van der Waals surface area contributed by atoms with E-state index in [1.165, 1.54) is 0 Å². The summed E-state index contributed by atoms with van der Waals surface area (Å²) >= 11 is 0. The fourth-order valence-electron chi connectivity index (χ4n) is 0.898. The Morgan fingerprint density at radius 2 is 2.08 bits per heavy atom. The quantitative estimate of drug-likeness (QED) is 0.732. The van der Waals surface area contributed by atoms with Gasteiger partial charge in [0, 0.05) is 23.7 Å². The lowest BCUT2D eigenvalue weighted by Gasteiger charge is -2.10. The minimum atomic E-state index is -4.42. The van der Waals surface area contributed by atoms with Crippen LogP contribution in [0.1, 0.15) is 11.1 Å². The second-order valence-corrected chi connectivity index (χ2v) is 2.44. The van der Waals surface area contributed by atoms with Crippen LogP contribution in [-0.4, -0.2) is 4.98 Å². The molecule has 1 aromatic rings. The first-order chi connectivity index (χ1) is 5.93. The lowest BCUT2D eigenvalue weighted by atomic mass is 10.1. The second kappa shape index (κ2) is 3.08. The molecular weight excluding hydrogens is 181 g/mol. The second-order valence-electron chi connectivity index (χ2n) is 2.44. The van der Waals surface area contributed by atoms with Gasteiger partial charge in [-0.05, 0) is 6.07 Å². The molecule has 0 unspecified atom stereocenters. The normalized spacial score (nSPS) is 11.3. The predicted molar refractivity (Wildman–Crippen MR) is 42.5 cm³/mol. The summed E-state index contributed by atoms with van der Waals surface area (Å²) in [6, 6.07) is 0.868. The van der Waals surface area contributed by atoms with Crippen molar-refractivity contribution in [3.63, 3.8) is 0 Å². The molecule has 1 rings (SSSR count). The van der Waals surface area contributed by atoms with Gasteiger partial charge in [0.2, 0.25) is 0 Å². The fourth-order valence-corrected chi connectivity index (χ4v) is 0.898. The van der Waals surface area contributed by atoms with Crippen LogP contribution in [0.4, 0.5) is 13.2 Å². The van der Waals surface area contributed by atoms with Crippen LogP contribution in [0, 0.1) is 0 Å². The average molecular weight is 188 g/mol. The van der Waals surface area contributed by atoms with Gasteiger partial charge in [-0.3, -0.25) is 4.98 Å². The number of alkyl halides is 3. The van der Waals surface area contributed by atoms with Gasteiger partial charge < -0.3 is 5.73 Å². The Morgan fingerprint density at radius 3 is 2.46 bits per heavy atom. The number of nitrogens with zero attached hydrogens (tertiary/aromatic N) is 1. The number of hydrogen-bond donors (Lipinski definition) is 1. The maximum atomic E-state index is 12.3. The third kappa shape index (κ3) is 1.99. The Kier molecular flexibility index (Phi) is 2.27. The number of rotatable bonds is 1. The molecule has 5 heteroatoms. The predicted octanol–water partition coefficient (Wildman–Crippen LogP) is 2.03. The van der Waals surface area contributed by atoms with Crippen LogP contribution < -0.4 is 5.73 Å². The Hall–Kier alpha value is -1.52. The summed E-state index contributed by atoms with van der Waals surface area (Å²) in [6.45, 7) is 3.24. The van der Waals surface area contributed by atoms with E-state index in [0.29, 0.717) is 0 Å². The van der Waals surface area contributed by atoms with Crippen molar-refractivity contribution in [2.75, 3.05) is 0 Å². The van der Waals surface area contributed by atoms with Gasteiger partial charge in [0.05, 0.1) is 5.56 Å². The molecule has 0 radical (unpaired) electrons. The summed E-state index contributed by atoms with van der Waals surface area (Å²) in [5.41, 5.74) is 4.06. The lowest BCUT2D eigenvalue weighted by Crippen LogP contribution is -2.11. The van der Waals surface area contributed by atoms with Gasteiger partial charge in [0.25, 0.3) is 0 Å². The van der Waals surface area contributed by atoms with Crippen molar-refractivity contribution < 1.29 is 13.2 Å². The van der Waals surface area contributed by atoms with Gasteiger partial charge in [-0.1, -0.05) is 6.58 Å². The fraction of sp³-hybridized carbons (Fsp3) is 0.125. The summed E-state index contributed by atoms with van der Waals surface area (Å²) in [5, 5.41) is 0. The molecule has 70 valence electrons. The van der Waals surface area contributed by atoms with Crippen LogP contribution in [0.15, 0.2) is 25.0 Å². The molecule has 0 saturated heterocycles. The zero-order valence-electron chi connectivity index (χ0n) is 6.60. The molecule has 0 atom stereocenters. The van der Waals surface area contributed by atoms with E-state index in [1.54, 1.807) is 0 Å². The van der Waals surface area contributed by atoms with Crippen molar-refractivity contribution in [1.82, 2.24) is 4.98 Å². The standard InChI is InChI=1S/C8H7F3N2/c1-5(12)6-4-13-3-2-7(6)8(9,10)11/h2-4H,1,12H2. The zero-order valence-corrected chi connectivity index (χ0v) is 6.60. The highest BCUT2D eigenvalue weighted by molar-refractivity contribution is 5.63. The number of nitrogens with two attached hydrogens (primary N) is 1. The van der Waals surface area contributed by atoms with Gasteiger partial charge in [-0.15, -0.1) is 0 Å². The van der Waals surface area contributed by atoms with Crippen LogP contribution in [-0.2, 0) is 6.18 Å². The van der Waals surface area contributed by atoms with E-state index < -0.39 is 11.7 Å². The first-order valence-corrected chi connectivity index (χ1v) is 3.39. The lowest BCUT2D eigenvalue weighted by molar-refractivity contribution is -0.137. The Morgan fingerprint density at radius 1 is 1.46 bits per heavy atom. The highest BCUT2D eigenvalue weighted by Crippen LogP contribution is 2.32. The van der Waals surface area contributed by atoms with Gasteiger partial charge in [0.1, 0.15) is 0 Å². The van der Waals surface area contributed by atoms with Gasteiger partial charge >= 0.3 is 6.18 Å². The largest absolute Gasteiger partial charge is 0.417 e. The number of pyridine rings is 1. The van der Waals surface area contributed by atoms with Gasteiger partial charge in [0.15, 0.2) is 0 Å². The van der Waals surface area contributed by atoms with E-state index in [4.69, 9.17) is 5.73 Å². The summed E-state index contributed by atoms with van der Waals surface area (Å²) in [6.07, 6.45) is -2.30. The third-order valence-corrected chi connectivity index (χ3v) is 1.47. The monoisotopic (exact) mass is 188 g/mol. The summed E-state index contributed by atoms with van der Waals surface area (Å²) < 4.78 is 36.9. The molecule has 1 heterocycles. The van der Waals surface area contributed by atoms with Crippen molar-refractivity contribution in [2.24, 2.45) is 5.73 Å². The SMILES string of the molecule is C=C(N)c1cnccc1C(F)(F)F. The van der Waals surface area contributed by atoms with E-state index >= 15 is 0 Å². The molecule has 0 aliphatic rings. The van der Waals surface area contributed by atoms with Crippen LogP contribution in [0.25, 0.3) is 5.70 Å². The summed E-state index contributed by atoms with van der Waals surface area (Å²) in [5.74, 6) is 0. The van der Waals surface area contributed by atoms with E-state index in [0.717, 1.165) is 18.5 Å². The number of halogens is 3. The minimum absolute atomic E-state index is 0.138. The maximum absolute atomic E-state index is 12.3. The number of hydrogen-bond acceptors (Lipinski definition) is 2. The molecule has 0 fully saturated rings. The van der Waals surface area contributed by atoms with Crippen LogP contribution in [0.5, 0.6) is 0 Å². The maximum Gasteiger partial charge on any atom is 0.417 e. The zero-order chi connectivity index (χ0) is 10.1. The first kappa shape index (κ1) is 9.57. The van der Waals surface area contributed by atoms with Gasteiger partial charge in [-0.2, -0.15) is 13.2 Å². The molecule has 0 bridgehead atoms.